The number of carbonyl (C=O) groups excluding carboxylic acids is 1. The predicted octanol–water partition coefficient (Wildman–Crippen LogP) is 1.96. The third kappa shape index (κ3) is 2.67. The van der Waals surface area contributed by atoms with Gasteiger partial charge in [-0.3, -0.25) is 4.79 Å². The van der Waals surface area contributed by atoms with Crippen LogP contribution in [0.4, 0.5) is 0 Å². The van der Waals surface area contributed by atoms with Crippen LogP contribution in [0.3, 0.4) is 0 Å². The molecule has 22 heavy (non-hydrogen) atoms. The number of cyclic esters (lactones) is 1. The Labute approximate surface area is 131 Å². The minimum absolute atomic E-state index is 0.0134. The quantitative estimate of drug-likeness (QED) is 0.798. The molecule has 2 atom stereocenters. The summed E-state index contributed by atoms with van der Waals surface area (Å²) in [6.07, 6.45) is 10.1. The number of ether oxygens (including phenoxy) is 1. The number of carbonyl (C=O) groups is 1. The standard InChI is InChI=1S/C17H25N3O2/c21-17-13(7-10-22-17)5-8-19-9-6-14(11-19)20-12-18-15-3-1-2-4-16(15)20/h12-14H,1-11H2. The first-order valence-corrected chi connectivity index (χ1v) is 8.75. The lowest BCUT2D eigenvalue weighted by atomic mass is 10.0. The molecule has 0 bridgehead atoms. The Morgan fingerprint density at radius 2 is 2.18 bits per heavy atom. The smallest absolute Gasteiger partial charge is 0.309 e. The van der Waals surface area contributed by atoms with Crippen LogP contribution < -0.4 is 0 Å². The Morgan fingerprint density at radius 1 is 1.27 bits per heavy atom. The molecule has 120 valence electrons. The van der Waals surface area contributed by atoms with Gasteiger partial charge in [-0.1, -0.05) is 0 Å². The molecule has 0 aromatic carbocycles. The number of esters is 1. The van der Waals surface area contributed by atoms with Crippen molar-refractivity contribution in [2.75, 3.05) is 26.2 Å². The molecule has 1 aromatic rings. The monoisotopic (exact) mass is 303 g/mol. The maximum atomic E-state index is 11.5. The molecule has 0 spiro atoms. The number of hydrogen-bond acceptors (Lipinski definition) is 4. The van der Waals surface area contributed by atoms with E-state index in [0.29, 0.717) is 12.6 Å². The number of nitrogens with zero attached hydrogens (tertiary/aromatic N) is 3. The van der Waals surface area contributed by atoms with Gasteiger partial charge in [0.05, 0.1) is 24.5 Å². The molecular formula is C17H25N3O2. The number of aromatic nitrogens is 2. The van der Waals surface area contributed by atoms with Crippen molar-refractivity contribution in [1.29, 1.82) is 0 Å². The summed E-state index contributed by atoms with van der Waals surface area (Å²) >= 11 is 0. The molecule has 0 N–H and O–H groups in total. The van der Waals surface area contributed by atoms with Gasteiger partial charge in [0.1, 0.15) is 0 Å². The van der Waals surface area contributed by atoms with Gasteiger partial charge in [-0.25, -0.2) is 4.98 Å². The van der Waals surface area contributed by atoms with Gasteiger partial charge < -0.3 is 14.2 Å². The molecule has 0 radical (unpaired) electrons. The van der Waals surface area contributed by atoms with E-state index < -0.39 is 0 Å². The lowest BCUT2D eigenvalue weighted by Crippen LogP contribution is -2.26. The summed E-state index contributed by atoms with van der Waals surface area (Å²) in [4.78, 5) is 18.7. The molecule has 0 saturated carbocycles. The Balaban J connectivity index is 1.34. The highest BCUT2D eigenvalue weighted by Gasteiger charge is 2.30. The van der Waals surface area contributed by atoms with Crippen LogP contribution in [0.15, 0.2) is 6.33 Å². The lowest BCUT2D eigenvalue weighted by Gasteiger charge is -2.20. The Bertz CT molecular complexity index is 554. The van der Waals surface area contributed by atoms with Gasteiger partial charge >= 0.3 is 5.97 Å². The zero-order chi connectivity index (χ0) is 14.9. The Morgan fingerprint density at radius 3 is 3.05 bits per heavy atom. The highest BCUT2D eigenvalue weighted by molar-refractivity contribution is 5.74. The van der Waals surface area contributed by atoms with Crippen LogP contribution in [-0.4, -0.2) is 46.7 Å². The van der Waals surface area contributed by atoms with E-state index in [4.69, 9.17) is 4.74 Å². The average Bonchev–Trinajstić information content (AvgIpc) is 3.24. The van der Waals surface area contributed by atoms with E-state index in [1.54, 1.807) is 0 Å². The fourth-order valence-electron chi connectivity index (χ4n) is 4.19. The number of likely N-dealkylation sites (tertiary alicyclic amines) is 1. The van der Waals surface area contributed by atoms with Crippen molar-refractivity contribution in [3.63, 3.8) is 0 Å². The molecule has 3 aliphatic rings. The van der Waals surface area contributed by atoms with E-state index in [0.717, 1.165) is 38.9 Å². The molecule has 1 aromatic heterocycles. The zero-order valence-corrected chi connectivity index (χ0v) is 13.2. The molecule has 5 heteroatoms. The van der Waals surface area contributed by atoms with Crippen LogP contribution in [0.1, 0.15) is 49.5 Å². The van der Waals surface area contributed by atoms with E-state index in [-0.39, 0.29) is 11.9 Å². The van der Waals surface area contributed by atoms with E-state index in [1.807, 2.05) is 0 Å². The van der Waals surface area contributed by atoms with Gasteiger partial charge in [0, 0.05) is 24.8 Å². The van der Waals surface area contributed by atoms with Crippen molar-refractivity contribution in [2.45, 2.75) is 51.0 Å². The van der Waals surface area contributed by atoms with Gasteiger partial charge in [-0.15, -0.1) is 0 Å². The summed E-state index contributed by atoms with van der Waals surface area (Å²) < 4.78 is 7.50. The summed E-state index contributed by atoms with van der Waals surface area (Å²) in [5.41, 5.74) is 2.82. The van der Waals surface area contributed by atoms with Crippen molar-refractivity contribution in [2.24, 2.45) is 5.92 Å². The highest BCUT2D eigenvalue weighted by Crippen LogP contribution is 2.29. The molecular weight excluding hydrogens is 278 g/mol. The Hall–Kier alpha value is -1.36. The first-order valence-electron chi connectivity index (χ1n) is 8.75. The molecule has 5 nitrogen and oxygen atoms in total. The van der Waals surface area contributed by atoms with Crippen LogP contribution in [0.2, 0.25) is 0 Å². The molecule has 1 aliphatic carbocycles. The molecule has 4 rings (SSSR count). The Kier molecular flexibility index (Phi) is 3.90. The first-order chi connectivity index (χ1) is 10.8. The summed E-state index contributed by atoms with van der Waals surface area (Å²) in [5, 5.41) is 0. The van der Waals surface area contributed by atoms with Crippen molar-refractivity contribution in [3.8, 4) is 0 Å². The van der Waals surface area contributed by atoms with Crippen LogP contribution in [-0.2, 0) is 22.4 Å². The minimum Gasteiger partial charge on any atom is -0.465 e. The predicted molar refractivity (Wildman–Crippen MR) is 82.6 cm³/mol. The third-order valence-electron chi connectivity index (χ3n) is 5.54. The number of aryl methyl sites for hydroxylation is 1. The second-order valence-electron chi connectivity index (χ2n) is 6.94. The van der Waals surface area contributed by atoms with Crippen LogP contribution in [0, 0.1) is 5.92 Å². The molecule has 2 aliphatic heterocycles. The van der Waals surface area contributed by atoms with Gasteiger partial charge in [0.2, 0.25) is 0 Å². The summed E-state index contributed by atoms with van der Waals surface area (Å²) in [6.45, 7) is 3.88. The minimum atomic E-state index is 0.0134. The van der Waals surface area contributed by atoms with Crippen molar-refractivity contribution in [3.05, 3.63) is 17.7 Å². The van der Waals surface area contributed by atoms with E-state index >= 15 is 0 Å². The fourth-order valence-corrected chi connectivity index (χ4v) is 4.19. The molecule has 2 fully saturated rings. The molecule has 2 saturated heterocycles. The van der Waals surface area contributed by atoms with Crippen LogP contribution in [0.25, 0.3) is 0 Å². The first kappa shape index (κ1) is 14.2. The van der Waals surface area contributed by atoms with Crippen LogP contribution >= 0.6 is 0 Å². The number of fused-ring (bicyclic) bond motifs is 1. The van der Waals surface area contributed by atoms with Gasteiger partial charge in [0.25, 0.3) is 0 Å². The normalized spacial score (nSPS) is 28.8. The molecule has 0 amide bonds. The largest absolute Gasteiger partial charge is 0.465 e. The number of rotatable bonds is 4. The fraction of sp³-hybridized carbons (Fsp3) is 0.765. The highest BCUT2D eigenvalue weighted by atomic mass is 16.5. The van der Waals surface area contributed by atoms with E-state index in [2.05, 4.69) is 20.8 Å². The van der Waals surface area contributed by atoms with E-state index in [1.165, 1.54) is 37.1 Å². The maximum Gasteiger partial charge on any atom is 0.309 e. The SMILES string of the molecule is O=C1OCCC1CCN1CCC(n2cnc3c2CCCC3)C1. The maximum absolute atomic E-state index is 11.5. The van der Waals surface area contributed by atoms with Crippen molar-refractivity contribution >= 4 is 5.97 Å². The topological polar surface area (TPSA) is 47.4 Å². The second kappa shape index (κ2) is 6.03. The third-order valence-corrected chi connectivity index (χ3v) is 5.54. The van der Waals surface area contributed by atoms with Gasteiger partial charge in [-0.05, 0) is 51.5 Å². The van der Waals surface area contributed by atoms with Crippen LogP contribution in [0.5, 0.6) is 0 Å². The lowest BCUT2D eigenvalue weighted by molar-refractivity contribution is -0.141. The van der Waals surface area contributed by atoms with Crippen molar-refractivity contribution in [1.82, 2.24) is 14.5 Å². The molecule has 2 unspecified atom stereocenters. The summed E-state index contributed by atoms with van der Waals surface area (Å²) in [6, 6.07) is 0.574. The number of hydrogen-bond donors (Lipinski definition) is 0. The zero-order valence-electron chi connectivity index (χ0n) is 13.2. The average molecular weight is 303 g/mol. The molecule has 3 heterocycles. The summed E-state index contributed by atoms with van der Waals surface area (Å²) in [7, 11) is 0. The number of imidazole rings is 1. The van der Waals surface area contributed by atoms with Crippen molar-refractivity contribution < 1.29 is 9.53 Å². The summed E-state index contributed by atoms with van der Waals surface area (Å²) in [5.74, 6) is 0.152. The second-order valence-corrected chi connectivity index (χ2v) is 6.94. The van der Waals surface area contributed by atoms with Gasteiger partial charge in [-0.2, -0.15) is 0 Å². The van der Waals surface area contributed by atoms with E-state index in [9.17, 15) is 4.79 Å². The van der Waals surface area contributed by atoms with Gasteiger partial charge in [0.15, 0.2) is 0 Å².